The number of ketones is 1. The first-order valence-corrected chi connectivity index (χ1v) is 16.5. The van der Waals surface area contributed by atoms with Crippen molar-refractivity contribution in [2.75, 3.05) is 11.6 Å². The summed E-state index contributed by atoms with van der Waals surface area (Å²) < 4.78 is 0. The van der Waals surface area contributed by atoms with Gasteiger partial charge in [-0.25, -0.2) is 0 Å². The Morgan fingerprint density at radius 2 is 1.31 bits per heavy atom. The summed E-state index contributed by atoms with van der Waals surface area (Å²) in [4.78, 5) is 34.3. The summed E-state index contributed by atoms with van der Waals surface area (Å²) in [6.07, 6.45) is 2.24. The number of rotatable bonds is 9. The van der Waals surface area contributed by atoms with Gasteiger partial charge in [-0.15, -0.1) is 0 Å². The van der Waals surface area contributed by atoms with Gasteiger partial charge in [0.25, 0.3) is 0 Å². The van der Waals surface area contributed by atoms with E-state index in [1.54, 1.807) is 6.20 Å². The zero-order valence-corrected chi connectivity index (χ0v) is 27.7. The van der Waals surface area contributed by atoms with Crippen LogP contribution in [0.1, 0.15) is 41.7 Å². The van der Waals surface area contributed by atoms with Crippen LogP contribution in [0.4, 0.5) is 5.69 Å². The predicted molar refractivity (Wildman–Crippen MR) is 193 cm³/mol. The lowest BCUT2D eigenvalue weighted by Gasteiger charge is -2.37. The summed E-state index contributed by atoms with van der Waals surface area (Å²) in [5, 5.41) is 1.57. The minimum atomic E-state index is -0.667. The molecule has 5 nitrogen and oxygen atoms in total. The van der Waals surface area contributed by atoms with Crippen LogP contribution in [0.3, 0.4) is 0 Å². The van der Waals surface area contributed by atoms with E-state index >= 15 is 0 Å². The molecule has 1 unspecified atom stereocenters. The van der Waals surface area contributed by atoms with Gasteiger partial charge in [-0.3, -0.25) is 19.5 Å². The molecule has 6 heteroatoms. The minimum absolute atomic E-state index is 0.443. The molecule has 1 fully saturated rings. The van der Waals surface area contributed by atoms with Crippen molar-refractivity contribution in [2.24, 2.45) is 0 Å². The van der Waals surface area contributed by atoms with Gasteiger partial charge >= 0.3 is 0 Å². The van der Waals surface area contributed by atoms with E-state index in [0.717, 1.165) is 44.4 Å². The number of aromatic nitrogens is 1. The van der Waals surface area contributed by atoms with Crippen molar-refractivity contribution < 1.29 is 9.59 Å². The number of fused-ring (bicyclic) bond motifs is 1. The Kier molecular flexibility index (Phi) is 8.42. The van der Waals surface area contributed by atoms with E-state index in [9.17, 15) is 9.59 Å². The molecule has 238 valence electrons. The van der Waals surface area contributed by atoms with Crippen LogP contribution in [0, 0.1) is 0 Å². The van der Waals surface area contributed by atoms with Gasteiger partial charge in [0.2, 0.25) is 5.78 Å². The molecule has 1 aliphatic heterocycles. The van der Waals surface area contributed by atoms with Crippen molar-refractivity contribution in [1.82, 2.24) is 9.88 Å². The van der Waals surface area contributed by atoms with Crippen molar-refractivity contribution in [3.05, 3.63) is 179 Å². The maximum Gasteiger partial charge on any atom is 0.219 e. The first-order valence-electron chi connectivity index (χ1n) is 16.2. The fourth-order valence-electron chi connectivity index (χ4n) is 7.56. The summed E-state index contributed by atoms with van der Waals surface area (Å²) in [5.41, 5.74) is 6.02. The number of anilines is 1. The van der Waals surface area contributed by atoms with Crippen molar-refractivity contribution in [3.63, 3.8) is 0 Å². The lowest BCUT2D eigenvalue weighted by molar-refractivity contribution is -0.131. The summed E-state index contributed by atoms with van der Waals surface area (Å²) in [5.74, 6) is -0.443. The van der Waals surface area contributed by atoms with Crippen LogP contribution in [0.5, 0.6) is 0 Å². The SMILES string of the molecule is CC1(C)C(C(=O)C=O)N(c2ccc(C(c3ccccc3)(c3ccccc3)c3ccccc3)cc2)CN1Cc1ccnc2c(Cl)cccc12. The minimum Gasteiger partial charge on any atom is -0.346 e. The van der Waals surface area contributed by atoms with Gasteiger partial charge in [0.1, 0.15) is 6.04 Å². The second-order valence-corrected chi connectivity index (χ2v) is 13.3. The molecule has 7 rings (SSSR count). The fraction of sp³-hybridized carbons (Fsp3) is 0.167. The van der Waals surface area contributed by atoms with Gasteiger partial charge in [0.05, 0.1) is 22.6 Å². The van der Waals surface area contributed by atoms with Crippen molar-refractivity contribution in [1.29, 1.82) is 0 Å². The third-order valence-electron chi connectivity index (χ3n) is 9.93. The summed E-state index contributed by atoms with van der Waals surface area (Å²) >= 11 is 6.48. The van der Waals surface area contributed by atoms with Crippen LogP contribution in [0.25, 0.3) is 10.9 Å². The number of hydrogen-bond acceptors (Lipinski definition) is 5. The second-order valence-electron chi connectivity index (χ2n) is 12.9. The molecule has 0 saturated carbocycles. The highest BCUT2D eigenvalue weighted by Gasteiger charge is 2.50. The molecular formula is C42H36ClN3O2. The van der Waals surface area contributed by atoms with Gasteiger partial charge < -0.3 is 4.90 Å². The van der Waals surface area contributed by atoms with Crippen LogP contribution in [0.2, 0.25) is 5.02 Å². The van der Waals surface area contributed by atoms with E-state index < -0.39 is 22.8 Å². The molecule has 0 spiro atoms. The Morgan fingerprint density at radius 3 is 1.85 bits per heavy atom. The van der Waals surface area contributed by atoms with Gasteiger partial charge in [-0.05, 0) is 65.9 Å². The van der Waals surface area contributed by atoms with E-state index in [0.29, 0.717) is 24.5 Å². The number of carbonyl (C=O) groups excluding carboxylic acids is 2. The Bertz CT molecular complexity index is 1970. The topological polar surface area (TPSA) is 53.5 Å². The average molecular weight is 650 g/mol. The highest BCUT2D eigenvalue weighted by Crippen LogP contribution is 2.46. The standard InChI is InChI=1S/C42H36ClN3O2/c1-41(2)40(38(48)28-47)46(29-45(41)27-30-25-26-44-39-36(30)19-12-20-37(39)43)35-23-21-34(22-24-35)42(31-13-6-3-7-14-31,32-15-8-4-9-16-32)33-17-10-5-11-18-33/h3-26,28,40H,27,29H2,1-2H3. The molecule has 6 aromatic rings. The number of pyridine rings is 1. The number of hydrogen-bond donors (Lipinski definition) is 0. The lowest BCUT2D eigenvalue weighted by atomic mass is 9.65. The van der Waals surface area contributed by atoms with E-state index in [4.69, 9.17) is 11.6 Å². The predicted octanol–water partition coefficient (Wildman–Crippen LogP) is 8.47. The van der Waals surface area contributed by atoms with Gasteiger partial charge in [0.15, 0.2) is 6.29 Å². The first kappa shape index (κ1) is 31.5. The van der Waals surface area contributed by atoms with Gasteiger partial charge in [-0.2, -0.15) is 0 Å². The smallest absolute Gasteiger partial charge is 0.219 e. The zero-order chi connectivity index (χ0) is 33.3. The van der Waals surface area contributed by atoms with Crippen molar-refractivity contribution in [2.45, 2.75) is 37.4 Å². The van der Waals surface area contributed by atoms with Gasteiger partial charge in [-0.1, -0.05) is 127 Å². The molecule has 48 heavy (non-hydrogen) atoms. The lowest BCUT2D eigenvalue weighted by Crippen LogP contribution is -2.51. The fourth-order valence-corrected chi connectivity index (χ4v) is 7.78. The second kappa shape index (κ2) is 12.8. The number of halogens is 1. The Morgan fingerprint density at radius 1 is 0.771 bits per heavy atom. The Balaban J connectivity index is 1.32. The third kappa shape index (κ3) is 5.29. The molecule has 2 heterocycles. The number of nitrogens with zero attached hydrogens (tertiary/aromatic N) is 3. The maximum absolute atomic E-state index is 13.4. The highest BCUT2D eigenvalue weighted by atomic mass is 35.5. The molecule has 0 radical (unpaired) electrons. The maximum atomic E-state index is 13.4. The molecule has 0 amide bonds. The molecular weight excluding hydrogens is 614 g/mol. The molecule has 1 aromatic heterocycles. The van der Waals surface area contributed by atoms with E-state index in [1.807, 2.05) is 56.3 Å². The number of aldehydes is 1. The number of benzene rings is 5. The first-order chi connectivity index (χ1) is 23.4. The van der Waals surface area contributed by atoms with E-state index in [1.165, 1.54) is 0 Å². The van der Waals surface area contributed by atoms with Crippen molar-refractivity contribution in [3.8, 4) is 0 Å². The molecule has 1 aliphatic rings. The molecule has 1 saturated heterocycles. The molecule has 5 aromatic carbocycles. The summed E-state index contributed by atoms with van der Waals surface area (Å²) in [7, 11) is 0. The van der Waals surface area contributed by atoms with Crippen LogP contribution >= 0.6 is 11.6 Å². The highest BCUT2D eigenvalue weighted by molar-refractivity contribution is 6.35. The van der Waals surface area contributed by atoms with Crippen LogP contribution in [0.15, 0.2) is 146 Å². The third-order valence-corrected chi connectivity index (χ3v) is 10.2. The quantitative estimate of drug-likeness (QED) is 0.0894. The Hall–Kier alpha value is -5.10. The molecule has 0 N–H and O–H groups in total. The number of Topliss-reactive ketones (excluding diaryl/α,β-unsaturated/α-hetero) is 1. The average Bonchev–Trinajstić information content (AvgIpc) is 3.39. The van der Waals surface area contributed by atoms with Crippen LogP contribution in [-0.4, -0.2) is 40.2 Å². The zero-order valence-electron chi connectivity index (χ0n) is 27.0. The van der Waals surface area contributed by atoms with E-state index in [2.05, 4.69) is 112 Å². The molecule has 1 atom stereocenters. The summed E-state index contributed by atoms with van der Waals surface area (Å²) in [6.45, 7) is 5.09. The van der Waals surface area contributed by atoms with Crippen LogP contribution in [-0.2, 0) is 21.5 Å². The number of carbonyl (C=O) groups is 2. The molecule has 0 aliphatic carbocycles. The van der Waals surface area contributed by atoms with Crippen molar-refractivity contribution >= 4 is 40.3 Å². The summed E-state index contributed by atoms with van der Waals surface area (Å²) in [6, 6.07) is 47.4. The van der Waals surface area contributed by atoms with E-state index in [-0.39, 0.29) is 0 Å². The number of para-hydroxylation sites is 1. The monoisotopic (exact) mass is 649 g/mol. The van der Waals surface area contributed by atoms with Gasteiger partial charge in [0, 0.05) is 29.4 Å². The molecule has 0 bridgehead atoms. The largest absolute Gasteiger partial charge is 0.346 e. The normalized spacial score (nSPS) is 16.2. The Labute approximate surface area is 286 Å². The van der Waals surface area contributed by atoms with Crippen LogP contribution < -0.4 is 4.90 Å².